The largest absolute Gasteiger partial charge is 0.480 e. The molecule has 2 amide bonds. The van der Waals surface area contributed by atoms with Gasteiger partial charge in [-0.15, -0.1) is 0 Å². The Labute approximate surface area is 193 Å². The van der Waals surface area contributed by atoms with Gasteiger partial charge in [-0.05, 0) is 49.4 Å². The number of nitrogens with zero attached hydrogens (tertiary/aromatic N) is 1. The minimum atomic E-state index is -1.18. The third-order valence-electron chi connectivity index (χ3n) is 5.46. The molecule has 0 fully saturated rings. The van der Waals surface area contributed by atoms with Crippen LogP contribution >= 0.6 is 0 Å². The van der Waals surface area contributed by atoms with Gasteiger partial charge in [-0.3, -0.25) is 4.90 Å². The highest BCUT2D eigenvalue weighted by molar-refractivity contribution is 5.81. The molecule has 0 heterocycles. The van der Waals surface area contributed by atoms with Gasteiger partial charge in [0.15, 0.2) is 0 Å². The molecular weight excluding hydrogens is 424 g/mol. The van der Waals surface area contributed by atoms with Crippen LogP contribution in [-0.4, -0.2) is 60.0 Å². The van der Waals surface area contributed by atoms with Gasteiger partial charge in [-0.1, -0.05) is 48.5 Å². The van der Waals surface area contributed by atoms with Crippen LogP contribution in [0.15, 0.2) is 48.5 Å². The van der Waals surface area contributed by atoms with Gasteiger partial charge in [0, 0.05) is 19.5 Å². The van der Waals surface area contributed by atoms with Crippen molar-refractivity contribution in [1.29, 1.82) is 0 Å². The van der Waals surface area contributed by atoms with Crippen molar-refractivity contribution in [1.82, 2.24) is 10.2 Å². The first-order valence-electron chi connectivity index (χ1n) is 10.9. The third-order valence-corrected chi connectivity index (χ3v) is 5.46. The predicted molar refractivity (Wildman–Crippen MR) is 123 cm³/mol. The molecule has 0 spiro atoms. The van der Waals surface area contributed by atoms with E-state index in [0.29, 0.717) is 0 Å². The number of likely N-dealkylation sites (N-methyl/N-ethyl adjacent to an activating group) is 1. The van der Waals surface area contributed by atoms with Crippen molar-refractivity contribution in [2.24, 2.45) is 0 Å². The highest BCUT2D eigenvalue weighted by Crippen LogP contribution is 2.44. The first-order valence-corrected chi connectivity index (χ1v) is 10.9. The summed E-state index contributed by atoms with van der Waals surface area (Å²) in [6.07, 6.45) is -1.37. The van der Waals surface area contributed by atoms with E-state index < -0.39 is 29.8 Å². The number of benzene rings is 2. The summed E-state index contributed by atoms with van der Waals surface area (Å²) in [6.45, 7) is 5.33. The summed E-state index contributed by atoms with van der Waals surface area (Å²) in [4.78, 5) is 37.3. The zero-order chi connectivity index (χ0) is 24.2. The van der Waals surface area contributed by atoms with Crippen LogP contribution in [0.5, 0.6) is 0 Å². The molecule has 1 unspecified atom stereocenters. The van der Waals surface area contributed by atoms with Crippen molar-refractivity contribution in [3.63, 3.8) is 0 Å². The molecule has 3 rings (SSSR count). The second-order valence-electron chi connectivity index (χ2n) is 8.99. The number of hydrogen-bond acceptors (Lipinski definition) is 5. The number of ether oxygens (including phenoxy) is 2. The monoisotopic (exact) mass is 454 g/mol. The number of hydrogen-bond donors (Lipinski definition) is 2. The van der Waals surface area contributed by atoms with E-state index in [2.05, 4.69) is 5.32 Å². The SMILES string of the molecule is CN(C(=O)OCC1c2ccccc2-c2ccccc21)C(CCNC(=O)OC(C)(C)C)C(=O)O. The molecule has 0 aromatic heterocycles. The number of amides is 2. The summed E-state index contributed by atoms with van der Waals surface area (Å²) in [5.41, 5.74) is 3.71. The average molecular weight is 455 g/mol. The van der Waals surface area contributed by atoms with Gasteiger partial charge < -0.3 is 19.9 Å². The molecule has 176 valence electrons. The van der Waals surface area contributed by atoms with Gasteiger partial charge in [0.1, 0.15) is 18.2 Å². The molecule has 33 heavy (non-hydrogen) atoms. The van der Waals surface area contributed by atoms with Crippen molar-refractivity contribution < 1.29 is 29.0 Å². The topological polar surface area (TPSA) is 105 Å². The van der Waals surface area contributed by atoms with Crippen LogP contribution in [0.2, 0.25) is 0 Å². The maximum atomic E-state index is 12.7. The molecule has 0 aliphatic heterocycles. The molecule has 0 bridgehead atoms. The van der Waals surface area contributed by atoms with Gasteiger partial charge in [-0.25, -0.2) is 14.4 Å². The zero-order valence-electron chi connectivity index (χ0n) is 19.3. The van der Waals surface area contributed by atoms with Crippen molar-refractivity contribution in [2.45, 2.75) is 44.8 Å². The zero-order valence-corrected chi connectivity index (χ0v) is 19.3. The molecule has 0 saturated heterocycles. The van der Waals surface area contributed by atoms with Crippen molar-refractivity contribution in [3.8, 4) is 11.1 Å². The molecule has 8 nitrogen and oxygen atoms in total. The average Bonchev–Trinajstić information content (AvgIpc) is 3.07. The van der Waals surface area contributed by atoms with E-state index in [-0.39, 0.29) is 25.5 Å². The number of alkyl carbamates (subject to hydrolysis) is 1. The summed E-state index contributed by atoms with van der Waals surface area (Å²) in [7, 11) is 1.38. The van der Waals surface area contributed by atoms with Gasteiger partial charge in [0.25, 0.3) is 0 Å². The molecule has 0 saturated carbocycles. The summed E-state index contributed by atoms with van der Waals surface area (Å²) < 4.78 is 10.7. The Hall–Kier alpha value is -3.55. The quantitative estimate of drug-likeness (QED) is 0.649. The van der Waals surface area contributed by atoms with Crippen LogP contribution in [0.3, 0.4) is 0 Å². The number of carbonyl (C=O) groups is 3. The minimum Gasteiger partial charge on any atom is -0.480 e. The molecule has 8 heteroatoms. The van der Waals surface area contributed by atoms with Crippen LogP contribution in [0, 0.1) is 0 Å². The lowest BCUT2D eigenvalue weighted by Gasteiger charge is -2.25. The number of fused-ring (bicyclic) bond motifs is 3. The summed E-state index contributed by atoms with van der Waals surface area (Å²) in [6, 6.07) is 14.8. The number of carbonyl (C=O) groups excluding carboxylic acids is 2. The van der Waals surface area contributed by atoms with Crippen LogP contribution in [0.4, 0.5) is 9.59 Å². The minimum absolute atomic E-state index is 0.00920. The Morgan fingerprint density at radius 3 is 2.09 bits per heavy atom. The first-order chi connectivity index (χ1) is 15.6. The molecule has 2 N–H and O–H groups in total. The highest BCUT2D eigenvalue weighted by Gasteiger charge is 2.32. The smallest absolute Gasteiger partial charge is 0.410 e. The van der Waals surface area contributed by atoms with Crippen LogP contribution < -0.4 is 5.32 Å². The third kappa shape index (κ3) is 5.83. The second-order valence-corrected chi connectivity index (χ2v) is 8.99. The number of carboxylic acids is 1. The number of carboxylic acid groups (broad SMARTS) is 1. The van der Waals surface area contributed by atoms with Gasteiger partial charge in [-0.2, -0.15) is 0 Å². The van der Waals surface area contributed by atoms with Crippen LogP contribution in [0.1, 0.15) is 44.2 Å². The Morgan fingerprint density at radius 2 is 1.58 bits per heavy atom. The fourth-order valence-corrected chi connectivity index (χ4v) is 3.93. The standard InChI is InChI=1S/C25H30N2O6/c1-25(2,3)33-23(30)26-14-13-21(22(28)29)27(4)24(31)32-15-20-18-11-7-5-9-16(18)17-10-6-8-12-19(17)20/h5-12,20-21H,13-15H2,1-4H3,(H,26,30)(H,28,29). The molecular formula is C25H30N2O6. The highest BCUT2D eigenvalue weighted by atomic mass is 16.6. The number of nitrogens with one attached hydrogen (secondary N) is 1. The van der Waals surface area contributed by atoms with Gasteiger partial charge >= 0.3 is 18.2 Å². The van der Waals surface area contributed by atoms with E-state index in [1.807, 2.05) is 48.5 Å². The lowest BCUT2D eigenvalue weighted by atomic mass is 9.98. The Bertz CT molecular complexity index is 984. The molecule has 1 aliphatic rings. The molecule has 1 atom stereocenters. The Kier molecular flexibility index (Phi) is 7.26. The predicted octanol–water partition coefficient (Wildman–Crippen LogP) is 4.24. The van der Waals surface area contributed by atoms with E-state index in [4.69, 9.17) is 9.47 Å². The molecule has 1 aliphatic carbocycles. The van der Waals surface area contributed by atoms with E-state index in [9.17, 15) is 19.5 Å². The first kappa shape index (κ1) is 24.1. The van der Waals surface area contributed by atoms with Gasteiger partial charge in [0.2, 0.25) is 0 Å². The van der Waals surface area contributed by atoms with Crippen LogP contribution in [-0.2, 0) is 14.3 Å². The Balaban J connectivity index is 1.60. The molecule has 0 radical (unpaired) electrons. The fraction of sp³-hybridized carbons (Fsp3) is 0.400. The molecule has 2 aromatic carbocycles. The van der Waals surface area contributed by atoms with E-state index in [1.165, 1.54) is 7.05 Å². The Morgan fingerprint density at radius 1 is 1.03 bits per heavy atom. The fourth-order valence-electron chi connectivity index (χ4n) is 3.93. The molecule has 2 aromatic rings. The van der Waals surface area contributed by atoms with E-state index in [0.717, 1.165) is 27.2 Å². The maximum Gasteiger partial charge on any atom is 0.410 e. The lowest BCUT2D eigenvalue weighted by molar-refractivity contribution is -0.142. The number of rotatable bonds is 7. The van der Waals surface area contributed by atoms with Crippen molar-refractivity contribution in [2.75, 3.05) is 20.2 Å². The van der Waals surface area contributed by atoms with Crippen molar-refractivity contribution >= 4 is 18.2 Å². The summed E-state index contributed by atoms with van der Waals surface area (Å²) in [5, 5.41) is 12.1. The maximum absolute atomic E-state index is 12.7. The lowest BCUT2D eigenvalue weighted by Crippen LogP contribution is -2.45. The second kappa shape index (κ2) is 9.94. The summed E-state index contributed by atoms with van der Waals surface area (Å²) >= 11 is 0. The summed E-state index contributed by atoms with van der Waals surface area (Å²) in [5.74, 6) is -1.30. The van der Waals surface area contributed by atoms with Crippen LogP contribution in [0.25, 0.3) is 11.1 Å². The van der Waals surface area contributed by atoms with E-state index >= 15 is 0 Å². The van der Waals surface area contributed by atoms with Gasteiger partial charge in [0.05, 0.1) is 0 Å². The normalized spacial score (nSPS) is 13.5. The van der Waals surface area contributed by atoms with E-state index in [1.54, 1.807) is 20.8 Å². The van der Waals surface area contributed by atoms with Crippen molar-refractivity contribution in [3.05, 3.63) is 59.7 Å². The number of aliphatic carboxylic acids is 1.